The molecule has 1 rings (SSSR count). The maximum atomic E-state index is 5.23. The first-order valence-electron chi connectivity index (χ1n) is 5.29. The van der Waals surface area contributed by atoms with Crippen LogP contribution in [0.1, 0.15) is 11.5 Å². The molecule has 0 aliphatic rings. The van der Waals surface area contributed by atoms with Crippen molar-refractivity contribution < 1.29 is 4.42 Å². The smallest absolute Gasteiger partial charge is 0.181 e. The van der Waals surface area contributed by atoms with Gasteiger partial charge in [0.1, 0.15) is 5.76 Å². The van der Waals surface area contributed by atoms with Crippen LogP contribution in [0.5, 0.6) is 0 Å². The van der Waals surface area contributed by atoms with Gasteiger partial charge in [0.05, 0.1) is 5.69 Å². The molecule has 5 nitrogen and oxygen atoms in total. The van der Waals surface area contributed by atoms with Gasteiger partial charge in [0.25, 0.3) is 0 Å². The highest BCUT2D eigenvalue weighted by atomic mass is 32.1. The van der Waals surface area contributed by atoms with Crippen molar-refractivity contribution in [1.82, 2.24) is 20.9 Å². The van der Waals surface area contributed by atoms with Gasteiger partial charge in [-0.2, -0.15) is 0 Å². The number of nitrogens with one attached hydrogen (secondary N) is 3. The average molecular weight is 242 g/mol. The van der Waals surface area contributed by atoms with Gasteiger partial charge in [-0.25, -0.2) is 4.98 Å². The lowest BCUT2D eigenvalue weighted by Crippen LogP contribution is -2.37. The topological polar surface area (TPSA) is 62.1 Å². The van der Waals surface area contributed by atoms with E-state index >= 15 is 0 Å². The van der Waals surface area contributed by atoms with Crippen LogP contribution in [-0.4, -0.2) is 36.8 Å². The van der Waals surface area contributed by atoms with Crippen molar-refractivity contribution in [2.24, 2.45) is 0 Å². The van der Waals surface area contributed by atoms with Crippen LogP contribution in [0.3, 0.4) is 0 Å². The van der Waals surface area contributed by atoms with Gasteiger partial charge in [0.2, 0.25) is 0 Å². The fourth-order valence-electron chi connectivity index (χ4n) is 1.25. The van der Waals surface area contributed by atoms with Gasteiger partial charge in [-0.3, -0.25) is 0 Å². The number of hydrogen-bond acceptors (Lipinski definition) is 4. The molecule has 1 heterocycles. The Bertz CT molecular complexity index is 326. The van der Waals surface area contributed by atoms with Crippen LogP contribution >= 0.6 is 12.2 Å². The second kappa shape index (κ2) is 7.19. The fraction of sp³-hybridized carbons (Fsp3) is 0.600. The number of oxazole rings is 1. The molecule has 0 amide bonds. The molecule has 0 bridgehead atoms. The van der Waals surface area contributed by atoms with Gasteiger partial charge in [-0.1, -0.05) is 0 Å². The zero-order chi connectivity index (χ0) is 11.8. The van der Waals surface area contributed by atoms with E-state index in [0.29, 0.717) is 5.11 Å². The molecule has 0 aliphatic heterocycles. The highest BCUT2D eigenvalue weighted by molar-refractivity contribution is 7.80. The predicted octanol–water partition coefficient (Wildman–Crippen LogP) is 0.209. The Morgan fingerprint density at radius 1 is 1.44 bits per heavy atom. The summed E-state index contributed by atoms with van der Waals surface area (Å²) in [6.07, 6.45) is 2.35. The lowest BCUT2D eigenvalue weighted by Gasteiger charge is -2.07. The van der Waals surface area contributed by atoms with Crippen molar-refractivity contribution in [3.05, 3.63) is 17.8 Å². The van der Waals surface area contributed by atoms with E-state index in [0.717, 1.165) is 37.5 Å². The van der Waals surface area contributed by atoms with E-state index in [9.17, 15) is 0 Å². The summed E-state index contributed by atoms with van der Waals surface area (Å²) in [6, 6.07) is 0. The van der Waals surface area contributed by atoms with Crippen molar-refractivity contribution in [2.75, 3.05) is 26.7 Å². The molecule has 0 radical (unpaired) electrons. The molecule has 0 atom stereocenters. The van der Waals surface area contributed by atoms with E-state index in [1.54, 1.807) is 7.05 Å². The standard InChI is InChI=1S/C10H18N4OS/c1-8-9(15-7-14-8)3-4-12-5-6-13-10(16)11-2/h7,12H,3-6H2,1-2H3,(H2,11,13,16). The third-order valence-corrected chi connectivity index (χ3v) is 2.54. The summed E-state index contributed by atoms with van der Waals surface area (Å²) in [7, 11) is 1.80. The molecule has 0 saturated heterocycles. The minimum absolute atomic E-state index is 0.674. The molecule has 0 aliphatic carbocycles. The van der Waals surface area contributed by atoms with Crippen LogP contribution in [0.4, 0.5) is 0 Å². The molecular weight excluding hydrogens is 224 g/mol. The van der Waals surface area contributed by atoms with E-state index in [1.807, 2.05) is 6.92 Å². The fourth-order valence-corrected chi connectivity index (χ4v) is 1.35. The summed E-state index contributed by atoms with van der Waals surface area (Å²) in [5.74, 6) is 0.950. The summed E-state index contributed by atoms with van der Waals surface area (Å²) in [6.45, 7) is 4.51. The largest absolute Gasteiger partial charge is 0.448 e. The van der Waals surface area contributed by atoms with E-state index in [2.05, 4.69) is 20.9 Å². The van der Waals surface area contributed by atoms with Gasteiger partial charge in [-0.05, 0) is 19.1 Å². The highest BCUT2D eigenvalue weighted by Gasteiger charge is 2.01. The summed E-state index contributed by atoms with van der Waals surface area (Å²) < 4.78 is 5.23. The van der Waals surface area contributed by atoms with Gasteiger partial charge >= 0.3 is 0 Å². The SMILES string of the molecule is CNC(=S)NCCNCCc1ocnc1C. The molecule has 0 spiro atoms. The van der Waals surface area contributed by atoms with Crippen molar-refractivity contribution in [1.29, 1.82) is 0 Å². The molecule has 16 heavy (non-hydrogen) atoms. The lowest BCUT2D eigenvalue weighted by molar-refractivity contribution is 0.492. The van der Waals surface area contributed by atoms with Crippen LogP contribution in [0.25, 0.3) is 0 Å². The van der Waals surface area contributed by atoms with Gasteiger partial charge in [-0.15, -0.1) is 0 Å². The number of thiocarbonyl (C=S) groups is 1. The monoisotopic (exact) mass is 242 g/mol. The predicted molar refractivity (Wildman–Crippen MR) is 67.5 cm³/mol. The van der Waals surface area contributed by atoms with Gasteiger partial charge in [0.15, 0.2) is 11.5 Å². The Morgan fingerprint density at radius 2 is 2.25 bits per heavy atom. The van der Waals surface area contributed by atoms with E-state index in [1.165, 1.54) is 6.39 Å². The molecular formula is C10H18N4OS. The van der Waals surface area contributed by atoms with E-state index in [-0.39, 0.29) is 0 Å². The number of rotatable bonds is 6. The Kier molecular flexibility index (Phi) is 5.81. The molecule has 0 saturated carbocycles. The lowest BCUT2D eigenvalue weighted by atomic mass is 10.3. The molecule has 0 aromatic carbocycles. The van der Waals surface area contributed by atoms with Crippen LogP contribution in [0, 0.1) is 6.92 Å². The van der Waals surface area contributed by atoms with Crippen molar-refractivity contribution in [3.8, 4) is 0 Å². The molecule has 0 fully saturated rings. The second-order valence-electron chi connectivity index (χ2n) is 3.37. The zero-order valence-corrected chi connectivity index (χ0v) is 10.5. The maximum absolute atomic E-state index is 5.23. The van der Waals surface area contributed by atoms with Crippen molar-refractivity contribution >= 4 is 17.3 Å². The molecule has 90 valence electrons. The molecule has 1 aromatic heterocycles. The number of nitrogens with zero attached hydrogens (tertiary/aromatic N) is 1. The van der Waals surface area contributed by atoms with E-state index < -0.39 is 0 Å². The van der Waals surface area contributed by atoms with Gasteiger partial charge in [0, 0.05) is 33.1 Å². The normalized spacial score (nSPS) is 10.1. The zero-order valence-electron chi connectivity index (χ0n) is 9.67. The first-order chi connectivity index (χ1) is 7.74. The third-order valence-electron chi connectivity index (χ3n) is 2.19. The number of aryl methyl sites for hydroxylation is 1. The van der Waals surface area contributed by atoms with Crippen molar-refractivity contribution in [2.45, 2.75) is 13.3 Å². The Balaban J connectivity index is 2.00. The van der Waals surface area contributed by atoms with Crippen LogP contribution < -0.4 is 16.0 Å². The van der Waals surface area contributed by atoms with Crippen molar-refractivity contribution in [3.63, 3.8) is 0 Å². The van der Waals surface area contributed by atoms with Gasteiger partial charge < -0.3 is 20.4 Å². The van der Waals surface area contributed by atoms with Crippen LogP contribution in [-0.2, 0) is 6.42 Å². The van der Waals surface area contributed by atoms with E-state index in [4.69, 9.17) is 16.6 Å². The van der Waals surface area contributed by atoms with Crippen LogP contribution in [0.15, 0.2) is 10.8 Å². The summed E-state index contributed by atoms with van der Waals surface area (Å²) >= 11 is 4.94. The highest BCUT2D eigenvalue weighted by Crippen LogP contribution is 2.04. The molecule has 6 heteroatoms. The molecule has 0 unspecified atom stereocenters. The quantitative estimate of drug-likeness (QED) is 0.490. The summed E-state index contributed by atoms with van der Waals surface area (Å²) in [5.41, 5.74) is 0.969. The Labute approximate surface area is 101 Å². The Morgan fingerprint density at radius 3 is 2.88 bits per heavy atom. The molecule has 3 N–H and O–H groups in total. The summed E-state index contributed by atoms with van der Waals surface area (Å²) in [4.78, 5) is 4.03. The summed E-state index contributed by atoms with van der Waals surface area (Å²) in [5, 5.41) is 9.88. The average Bonchev–Trinajstić information content (AvgIpc) is 2.69. The Hall–Kier alpha value is -1.14. The minimum atomic E-state index is 0.674. The molecule has 1 aromatic rings. The number of hydrogen-bond donors (Lipinski definition) is 3. The maximum Gasteiger partial charge on any atom is 0.181 e. The third kappa shape index (κ3) is 4.59. The number of aromatic nitrogens is 1. The first kappa shape index (κ1) is 12.9. The first-order valence-corrected chi connectivity index (χ1v) is 5.70. The minimum Gasteiger partial charge on any atom is -0.448 e. The second-order valence-corrected chi connectivity index (χ2v) is 3.78. The van der Waals surface area contributed by atoms with Crippen LogP contribution in [0.2, 0.25) is 0 Å².